The largest absolute Gasteiger partial charge is 0.497 e. The summed E-state index contributed by atoms with van der Waals surface area (Å²) in [6.45, 7) is 2.60. The van der Waals surface area contributed by atoms with Crippen LogP contribution in [0.5, 0.6) is 5.75 Å². The standard InChI is InChI=1S/C21H20Cl2O2/c1-3-25-21-17(14-7-10-16(24-2)11-8-14)5-4-6-18(21)15-9-12-19(22)20(23)13-15/h6-13H,3-5H2,1-2H3. The molecule has 0 unspecified atom stereocenters. The van der Waals surface area contributed by atoms with Crippen LogP contribution in [-0.4, -0.2) is 13.7 Å². The number of ether oxygens (including phenoxy) is 2. The summed E-state index contributed by atoms with van der Waals surface area (Å²) >= 11 is 12.3. The highest BCUT2D eigenvalue weighted by atomic mass is 35.5. The Kier molecular flexibility index (Phi) is 5.72. The Morgan fingerprint density at radius 3 is 2.32 bits per heavy atom. The fraction of sp³-hybridized carbons (Fsp3) is 0.238. The molecule has 1 aliphatic carbocycles. The van der Waals surface area contributed by atoms with Crippen LogP contribution in [0.25, 0.3) is 11.1 Å². The highest BCUT2D eigenvalue weighted by Crippen LogP contribution is 2.39. The molecule has 0 amide bonds. The monoisotopic (exact) mass is 374 g/mol. The molecule has 4 heteroatoms. The summed E-state index contributed by atoms with van der Waals surface area (Å²) < 4.78 is 11.3. The normalized spacial score (nSPS) is 14.3. The van der Waals surface area contributed by atoms with E-state index in [1.165, 1.54) is 5.57 Å². The first kappa shape index (κ1) is 17.9. The van der Waals surface area contributed by atoms with Gasteiger partial charge in [0.1, 0.15) is 11.5 Å². The van der Waals surface area contributed by atoms with Crippen molar-refractivity contribution < 1.29 is 9.47 Å². The lowest BCUT2D eigenvalue weighted by atomic mass is 9.89. The third-order valence-corrected chi connectivity index (χ3v) is 4.96. The summed E-state index contributed by atoms with van der Waals surface area (Å²) in [6, 6.07) is 13.8. The van der Waals surface area contributed by atoms with Gasteiger partial charge in [-0.05, 0) is 55.2 Å². The van der Waals surface area contributed by atoms with Crippen LogP contribution in [0.1, 0.15) is 30.9 Å². The molecule has 2 aromatic rings. The average Bonchev–Trinajstić information content (AvgIpc) is 2.64. The van der Waals surface area contributed by atoms with Gasteiger partial charge in [-0.2, -0.15) is 0 Å². The van der Waals surface area contributed by atoms with E-state index in [9.17, 15) is 0 Å². The van der Waals surface area contributed by atoms with Gasteiger partial charge in [0.2, 0.25) is 0 Å². The lowest BCUT2D eigenvalue weighted by molar-refractivity contribution is 0.246. The molecule has 0 bridgehead atoms. The lowest BCUT2D eigenvalue weighted by Crippen LogP contribution is -2.05. The molecule has 0 spiro atoms. The summed E-state index contributed by atoms with van der Waals surface area (Å²) in [7, 11) is 1.67. The van der Waals surface area contributed by atoms with Gasteiger partial charge in [0.05, 0.1) is 23.8 Å². The fourth-order valence-electron chi connectivity index (χ4n) is 3.02. The van der Waals surface area contributed by atoms with Crippen LogP contribution in [0.3, 0.4) is 0 Å². The van der Waals surface area contributed by atoms with Crippen molar-refractivity contribution in [2.75, 3.05) is 13.7 Å². The number of benzene rings is 2. The quantitative estimate of drug-likeness (QED) is 0.584. The highest BCUT2D eigenvalue weighted by Gasteiger charge is 2.21. The van der Waals surface area contributed by atoms with Crippen molar-refractivity contribution in [2.45, 2.75) is 19.8 Å². The number of allylic oxidation sites excluding steroid dienone is 3. The van der Waals surface area contributed by atoms with Crippen molar-refractivity contribution in [3.8, 4) is 5.75 Å². The summed E-state index contributed by atoms with van der Waals surface area (Å²) in [4.78, 5) is 0. The van der Waals surface area contributed by atoms with Crippen LogP contribution in [0.4, 0.5) is 0 Å². The minimum absolute atomic E-state index is 0.549. The van der Waals surface area contributed by atoms with Crippen LogP contribution < -0.4 is 4.74 Å². The van der Waals surface area contributed by atoms with Gasteiger partial charge in [0.25, 0.3) is 0 Å². The average molecular weight is 375 g/mol. The van der Waals surface area contributed by atoms with Crippen molar-refractivity contribution in [2.24, 2.45) is 0 Å². The predicted molar refractivity (Wildman–Crippen MR) is 105 cm³/mol. The van der Waals surface area contributed by atoms with E-state index in [1.807, 2.05) is 37.3 Å². The Hall–Kier alpha value is -1.90. The van der Waals surface area contributed by atoms with Crippen LogP contribution >= 0.6 is 23.2 Å². The number of halogens is 2. The number of hydrogen-bond acceptors (Lipinski definition) is 2. The zero-order valence-corrected chi connectivity index (χ0v) is 15.8. The van der Waals surface area contributed by atoms with Crippen LogP contribution in [0, 0.1) is 0 Å². The molecule has 0 aliphatic heterocycles. The Bertz CT molecular complexity index is 820. The molecule has 2 nitrogen and oxygen atoms in total. The second-order valence-corrected chi connectivity index (χ2v) is 6.57. The zero-order valence-electron chi connectivity index (χ0n) is 14.3. The van der Waals surface area contributed by atoms with E-state index < -0.39 is 0 Å². The van der Waals surface area contributed by atoms with Gasteiger partial charge in [-0.3, -0.25) is 0 Å². The second-order valence-electron chi connectivity index (χ2n) is 5.75. The van der Waals surface area contributed by atoms with E-state index in [-0.39, 0.29) is 0 Å². The maximum absolute atomic E-state index is 6.21. The summed E-state index contributed by atoms with van der Waals surface area (Å²) in [5.41, 5.74) is 4.43. The molecule has 0 radical (unpaired) electrons. The molecule has 0 saturated carbocycles. The Labute approximate surface area is 158 Å². The van der Waals surface area contributed by atoms with E-state index in [1.54, 1.807) is 7.11 Å². The molecule has 1 aliphatic rings. The van der Waals surface area contributed by atoms with Gasteiger partial charge in [-0.1, -0.05) is 47.5 Å². The van der Waals surface area contributed by atoms with E-state index >= 15 is 0 Å². The summed E-state index contributed by atoms with van der Waals surface area (Å²) in [6.07, 6.45) is 4.09. The molecule has 0 N–H and O–H groups in total. The smallest absolute Gasteiger partial charge is 0.130 e. The van der Waals surface area contributed by atoms with Gasteiger partial charge >= 0.3 is 0 Å². The fourth-order valence-corrected chi connectivity index (χ4v) is 3.32. The first-order valence-electron chi connectivity index (χ1n) is 8.30. The van der Waals surface area contributed by atoms with E-state index in [4.69, 9.17) is 32.7 Å². The van der Waals surface area contributed by atoms with Crippen molar-refractivity contribution in [1.29, 1.82) is 0 Å². The molecule has 3 rings (SSSR count). The molecule has 0 fully saturated rings. The second kappa shape index (κ2) is 7.99. The molecular formula is C21H20Cl2O2. The molecule has 25 heavy (non-hydrogen) atoms. The molecule has 0 saturated heterocycles. The first-order chi connectivity index (χ1) is 12.1. The van der Waals surface area contributed by atoms with Gasteiger partial charge in [-0.15, -0.1) is 0 Å². The summed E-state index contributed by atoms with van der Waals surface area (Å²) in [5.74, 6) is 1.76. The maximum atomic E-state index is 6.21. The Morgan fingerprint density at radius 2 is 1.68 bits per heavy atom. The van der Waals surface area contributed by atoms with E-state index in [0.29, 0.717) is 16.7 Å². The lowest BCUT2D eigenvalue weighted by Gasteiger charge is -2.23. The van der Waals surface area contributed by atoms with Gasteiger partial charge in [-0.25, -0.2) is 0 Å². The minimum atomic E-state index is 0.549. The van der Waals surface area contributed by atoms with E-state index in [0.717, 1.165) is 41.1 Å². The minimum Gasteiger partial charge on any atom is -0.497 e. The maximum Gasteiger partial charge on any atom is 0.130 e. The third kappa shape index (κ3) is 3.86. The van der Waals surface area contributed by atoms with Crippen molar-refractivity contribution in [1.82, 2.24) is 0 Å². The molecule has 0 aromatic heterocycles. The molecular weight excluding hydrogens is 355 g/mol. The zero-order chi connectivity index (χ0) is 17.8. The summed E-state index contributed by atoms with van der Waals surface area (Å²) in [5, 5.41) is 1.10. The van der Waals surface area contributed by atoms with E-state index in [2.05, 4.69) is 18.2 Å². The van der Waals surface area contributed by atoms with Gasteiger partial charge in [0, 0.05) is 11.1 Å². The van der Waals surface area contributed by atoms with Gasteiger partial charge in [0.15, 0.2) is 0 Å². The number of rotatable bonds is 5. The van der Waals surface area contributed by atoms with Crippen LogP contribution in [-0.2, 0) is 4.74 Å². The van der Waals surface area contributed by atoms with Crippen molar-refractivity contribution in [3.05, 3.63) is 75.5 Å². The number of methoxy groups -OCH3 is 1. The molecule has 2 aromatic carbocycles. The third-order valence-electron chi connectivity index (χ3n) is 4.22. The predicted octanol–water partition coefficient (Wildman–Crippen LogP) is 6.63. The SMILES string of the molecule is CCOC1=C(c2ccc(OC)cc2)CCC=C1c1ccc(Cl)c(Cl)c1. The molecule has 130 valence electrons. The van der Waals surface area contributed by atoms with Crippen LogP contribution in [0.15, 0.2) is 54.3 Å². The first-order valence-corrected chi connectivity index (χ1v) is 9.06. The van der Waals surface area contributed by atoms with Gasteiger partial charge < -0.3 is 9.47 Å². The molecule has 0 heterocycles. The Balaban J connectivity index is 2.07. The Morgan fingerprint density at radius 1 is 0.960 bits per heavy atom. The highest BCUT2D eigenvalue weighted by molar-refractivity contribution is 6.42. The topological polar surface area (TPSA) is 18.5 Å². The molecule has 0 atom stereocenters. The number of hydrogen-bond donors (Lipinski definition) is 0. The van der Waals surface area contributed by atoms with Crippen molar-refractivity contribution in [3.63, 3.8) is 0 Å². The van der Waals surface area contributed by atoms with Crippen molar-refractivity contribution >= 4 is 34.3 Å². The van der Waals surface area contributed by atoms with Crippen LogP contribution in [0.2, 0.25) is 10.0 Å².